The molecule has 0 nitrogen and oxygen atoms in total. The number of rotatable bonds is 6. The fourth-order valence-electron chi connectivity index (χ4n) is 2.77. The average Bonchev–Trinajstić information content (AvgIpc) is 2.16. The van der Waals surface area contributed by atoms with E-state index in [4.69, 9.17) is 0 Å². The number of hydrogen-bond acceptors (Lipinski definition) is 0. The van der Waals surface area contributed by atoms with Crippen LogP contribution in [-0.2, 0) is 0 Å². The van der Waals surface area contributed by atoms with Gasteiger partial charge in [0.05, 0.1) is 0 Å². The Kier molecular flexibility index (Phi) is 11.8. The van der Waals surface area contributed by atoms with Gasteiger partial charge in [-0.2, -0.15) is 17.5 Å². The Balaban J connectivity index is 0. The van der Waals surface area contributed by atoms with Gasteiger partial charge in [0.25, 0.3) is 0 Å². The molecular formula is C15H33BK. The fraction of sp³-hybridized carbons (Fsp3) is 1.00. The van der Waals surface area contributed by atoms with E-state index in [0.29, 0.717) is 0 Å². The van der Waals surface area contributed by atoms with Gasteiger partial charge in [-0.25, -0.2) is 0 Å². The topological polar surface area (TPSA) is 0 Å². The van der Waals surface area contributed by atoms with Crippen LogP contribution in [0.3, 0.4) is 0 Å². The van der Waals surface area contributed by atoms with Crippen LogP contribution in [0.25, 0.3) is 0 Å². The van der Waals surface area contributed by atoms with Gasteiger partial charge in [-0.15, -0.1) is 6.71 Å². The van der Waals surface area contributed by atoms with E-state index in [0.717, 1.165) is 41.9 Å². The van der Waals surface area contributed by atoms with Gasteiger partial charge >= 0.3 is 51.4 Å². The summed E-state index contributed by atoms with van der Waals surface area (Å²) in [4.78, 5) is 0. The monoisotopic (exact) mass is 263 g/mol. The molecule has 0 aliphatic heterocycles. The van der Waals surface area contributed by atoms with Crippen molar-refractivity contribution in [2.24, 2.45) is 17.8 Å². The molecule has 0 aromatic heterocycles. The molecule has 0 aromatic carbocycles. The molecule has 0 fully saturated rings. The zero-order valence-corrected chi connectivity index (χ0v) is 17.2. The maximum absolute atomic E-state index is 2.45. The summed E-state index contributed by atoms with van der Waals surface area (Å²) in [6.07, 6.45) is 0. The van der Waals surface area contributed by atoms with Crippen molar-refractivity contribution in [3.63, 3.8) is 0 Å². The molecule has 0 saturated heterocycles. The second kappa shape index (κ2) is 9.58. The summed E-state index contributed by atoms with van der Waals surface area (Å²) in [6.45, 7) is 22.5. The Bertz CT molecular complexity index is 156. The molecule has 0 aromatic rings. The molecule has 0 bridgehead atoms. The average molecular weight is 263 g/mol. The molecule has 0 heterocycles. The maximum Gasteiger partial charge on any atom is 1.00 e. The molecule has 0 spiro atoms. The van der Waals surface area contributed by atoms with Crippen LogP contribution in [0.2, 0.25) is 17.5 Å². The van der Waals surface area contributed by atoms with Crippen molar-refractivity contribution in [3.8, 4) is 0 Å². The van der Waals surface area contributed by atoms with Crippen LogP contribution in [-0.4, -0.2) is 6.71 Å². The van der Waals surface area contributed by atoms with Crippen LogP contribution >= 0.6 is 0 Å². The summed E-state index contributed by atoms with van der Waals surface area (Å²) in [6, 6.07) is 0. The van der Waals surface area contributed by atoms with Gasteiger partial charge in [-0.05, 0) is 0 Å². The Morgan fingerprint density at radius 2 is 0.647 bits per heavy atom. The summed E-state index contributed by atoms with van der Waals surface area (Å²) >= 11 is 0. The van der Waals surface area contributed by atoms with E-state index in [-0.39, 0.29) is 51.4 Å². The van der Waals surface area contributed by atoms with Gasteiger partial charge in [0.2, 0.25) is 0 Å². The summed E-state index contributed by atoms with van der Waals surface area (Å²) in [7, 11) is 0. The third-order valence-electron chi connectivity index (χ3n) is 4.98. The van der Waals surface area contributed by atoms with E-state index >= 15 is 0 Å². The van der Waals surface area contributed by atoms with Gasteiger partial charge < -0.3 is 0 Å². The zero-order valence-electron chi connectivity index (χ0n) is 14.0. The second-order valence-corrected chi connectivity index (χ2v) is 6.89. The molecule has 0 aliphatic carbocycles. The molecule has 0 amide bonds. The van der Waals surface area contributed by atoms with Crippen LogP contribution in [0.15, 0.2) is 0 Å². The first-order valence-electron chi connectivity index (χ1n) is 7.20. The summed E-state index contributed by atoms with van der Waals surface area (Å²) in [5.41, 5.74) is 0. The molecular weight excluding hydrogens is 230 g/mol. The quantitative estimate of drug-likeness (QED) is 0.646. The molecule has 0 aliphatic rings. The molecule has 0 saturated carbocycles. The summed E-state index contributed by atoms with van der Waals surface area (Å²) in [5.74, 6) is 4.88. The minimum atomic E-state index is 0. The van der Waals surface area contributed by atoms with E-state index < -0.39 is 0 Å². The predicted octanol–water partition coefficient (Wildman–Crippen LogP) is 2.62. The first kappa shape index (κ1) is 21.0. The first-order chi connectivity index (χ1) is 7.20. The van der Waals surface area contributed by atoms with Gasteiger partial charge in [0, 0.05) is 0 Å². The van der Waals surface area contributed by atoms with E-state index in [1.54, 1.807) is 0 Å². The van der Waals surface area contributed by atoms with Gasteiger partial charge in [0.1, 0.15) is 0 Å². The second-order valence-electron chi connectivity index (χ2n) is 6.89. The molecule has 97 valence electrons. The third kappa shape index (κ3) is 6.61. The van der Waals surface area contributed by atoms with Crippen molar-refractivity contribution in [1.82, 2.24) is 0 Å². The molecule has 3 unspecified atom stereocenters. The molecule has 3 atom stereocenters. The van der Waals surface area contributed by atoms with Gasteiger partial charge in [0.15, 0.2) is 0 Å². The van der Waals surface area contributed by atoms with Crippen LogP contribution < -0.4 is 51.4 Å². The first-order valence-corrected chi connectivity index (χ1v) is 7.20. The van der Waals surface area contributed by atoms with Crippen LogP contribution in [0.1, 0.15) is 62.3 Å². The standard InChI is InChI=1S/C15H33B.K/c1-10(2)13(7)16(14(8)11(3)4)15(9)12(5)6;/h10-15H,1-9H3;/q-1;+1. The smallest absolute Gasteiger partial charge is 0.197 e. The minimum Gasteiger partial charge on any atom is -0.197 e. The van der Waals surface area contributed by atoms with Crippen molar-refractivity contribution in [1.29, 1.82) is 0 Å². The Labute approximate surface area is 154 Å². The molecule has 2 heteroatoms. The van der Waals surface area contributed by atoms with Crippen molar-refractivity contribution in [2.45, 2.75) is 79.8 Å². The molecule has 0 rings (SSSR count). The van der Waals surface area contributed by atoms with Crippen molar-refractivity contribution >= 4 is 6.71 Å². The normalized spacial score (nSPS) is 17.5. The summed E-state index contributed by atoms with van der Waals surface area (Å²) < 4.78 is 0. The Morgan fingerprint density at radius 1 is 0.471 bits per heavy atom. The SMILES string of the molecule is CC(C)C(C)[B-](C(C)C(C)C)C(C)C(C)C.[K+]. The maximum atomic E-state index is 2.45. The van der Waals surface area contributed by atoms with Gasteiger partial charge in [-0.3, -0.25) is 0 Å². The van der Waals surface area contributed by atoms with Crippen LogP contribution in [0, 0.1) is 17.8 Å². The van der Waals surface area contributed by atoms with Crippen molar-refractivity contribution in [2.75, 3.05) is 0 Å². The summed E-state index contributed by atoms with van der Waals surface area (Å²) in [5, 5.41) is 0. The molecule has 1 radical (unpaired) electrons. The van der Waals surface area contributed by atoms with Crippen molar-refractivity contribution in [3.05, 3.63) is 0 Å². The van der Waals surface area contributed by atoms with E-state index in [2.05, 4.69) is 62.3 Å². The van der Waals surface area contributed by atoms with Crippen LogP contribution in [0.5, 0.6) is 0 Å². The fourth-order valence-corrected chi connectivity index (χ4v) is 2.77. The molecule has 0 N–H and O–H groups in total. The van der Waals surface area contributed by atoms with E-state index in [9.17, 15) is 0 Å². The largest absolute Gasteiger partial charge is 1.00 e. The molecule has 17 heavy (non-hydrogen) atoms. The van der Waals surface area contributed by atoms with Gasteiger partial charge in [-0.1, -0.05) is 80.1 Å². The third-order valence-corrected chi connectivity index (χ3v) is 4.98. The van der Waals surface area contributed by atoms with Crippen molar-refractivity contribution < 1.29 is 51.4 Å². The minimum absolute atomic E-state index is 0. The zero-order chi connectivity index (χ0) is 13.0. The van der Waals surface area contributed by atoms with E-state index in [1.165, 1.54) is 0 Å². The van der Waals surface area contributed by atoms with E-state index in [1.807, 2.05) is 0 Å². The number of hydrogen-bond donors (Lipinski definition) is 0. The predicted molar refractivity (Wildman–Crippen MR) is 78.5 cm³/mol. The van der Waals surface area contributed by atoms with Crippen LogP contribution in [0.4, 0.5) is 0 Å². The Morgan fingerprint density at radius 3 is 0.765 bits per heavy atom. The Hall–Kier alpha value is 1.70.